The second-order valence-corrected chi connectivity index (χ2v) is 13.9. The van der Waals surface area contributed by atoms with E-state index in [0.717, 1.165) is 33.4 Å². The Labute approximate surface area is 252 Å². The van der Waals surface area contributed by atoms with Gasteiger partial charge in [0.05, 0.1) is 0 Å². The van der Waals surface area contributed by atoms with Crippen LogP contribution in [0.4, 0.5) is 0 Å². The molecular weight excluding hydrogens is 523 g/mol. The van der Waals surface area contributed by atoms with Crippen molar-refractivity contribution in [3.05, 3.63) is 114 Å². The third kappa shape index (κ3) is 3.07. The van der Waals surface area contributed by atoms with Crippen LogP contribution in [-0.4, -0.2) is 17.2 Å². The Morgan fingerprint density at radius 3 is 1.67 bits per heavy atom. The average Bonchev–Trinajstić information content (AvgIpc) is 3.31. The SMILES string of the molecule is OB(O)c1c2ccccc2c(-c2cccc3c2C2(c4cc5ccccc5cc4-3)C3CC4CC(C3)CC2C4)c2ccccc12. The van der Waals surface area contributed by atoms with Gasteiger partial charge in [0.15, 0.2) is 0 Å². The molecule has 2 nitrogen and oxygen atoms in total. The fraction of sp³-hybridized carbons (Fsp3) is 0.250. The highest BCUT2D eigenvalue weighted by Gasteiger charge is 2.62. The predicted molar refractivity (Wildman–Crippen MR) is 177 cm³/mol. The Kier molecular flexibility index (Phi) is 4.90. The van der Waals surface area contributed by atoms with Crippen LogP contribution in [0.1, 0.15) is 43.2 Å². The van der Waals surface area contributed by atoms with Gasteiger partial charge in [0.25, 0.3) is 0 Å². The first-order valence-electron chi connectivity index (χ1n) is 16.1. The van der Waals surface area contributed by atoms with Crippen LogP contribution in [0.5, 0.6) is 0 Å². The van der Waals surface area contributed by atoms with E-state index in [1.807, 2.05) is 12.1 Å². The zero-order valence-corrected chi connectivity index (χ0v) is 24.1. The van der Waals surface area contributed by atoms with Crippen molar-refractivity contribution in [2.24, 2.45) is 23.7 Å². The molecule has 43 heavy (non-hydrogen) atoms. The van der Waals surface area contributed by atoms with Crippen molar-refractivity contribution in [3.63, 3.8) is 0 Å². The maximum atomic E-state index is 10.6. The Morgan fingerprint density at radius 1 is 0.535 bits per heavy atom. The monoisotopic (exact) mass is 556 g/mol. The molecular formula is C40H33BO2. The summed E-state index contributed by atoms with van der Waals surface area (Å²) in [4.78, 5) is 0. The number of benzene rings is 6. The zero-order valence-electron chi connectivity index (χ0n) is 24.1. The quantitative estimate of drug-likeness (QED) is 0.167. The molecule has 11 rings (SSSR count). The number of hydrogen-bond acceptors (Lipinski definition) is 2. The fourth-order valence-electron chi connectivity index (χ4n) is 10.9. The van der Waals surface area contributed by atoms with Gasteiger partial charge in [0, 0.05) is 5.41 Å². The summed E-state index contributed by atoms with van der Waals surface area (Å²) in [6, 6.07) is 37.7. The highest BCUT2D eigenvalue weighted by atomic mass is 16.4. The molecule has 208 valence electrons. The molecule has 4 bridgehead atoms. The van der Waals surface area contributed by atoms with Gasteiger partial charge < -0.3 is 10.0 Å². The molecule has 4 saturated carbocycles. The zero-order chi connectivity index (χ0) is 28.4. The van der Waals surface area contributed by atoms with Crippen molar-refractivity contribution < 1.29 is 10.0 Å². The molecule has 0 heterocycles. The van der Waals surface area contributed by atoms with Gasteiger partial charge in [-0.05, 0) is 139 Å². The summed E-state index contributed by atoms with van der Waals surface area (Å²) in [6.07, 6.45) is 6.78. The number of fused-ring (bicyclic) bond motifs is 6. The second-order valence-electron chi connectivity index (χ2n) is 13.9. The Morgan fingerprint density at radius 2 is 1.07 bits per heavy atom. The van der Waals surface area contributed by atoms with Crippen LogP contribution in [0, 0.1) is 23.7 Å². The summed E-state index contributed by atoms with van der Waals surface area (Å²) in [5.74, 6) is 3.06. The van der Waals surface area contributed by atoms with Gasteiger partial charge >= 0.3 is 7.12 Å². The molecule has 2 N–H and O–H groups in total. The van der Waals surface area contributed by atoms with Crippen molar-refractivity contribution in [1.29, 1.82) is 0 Å². The van der Waals surface area contributed by atoms with Crippen molar-refractivity contribution in [3.8, 4) is 22.3 Å². The largest absolute Gasteiger partial charge is 0.489 e. The third-order valence-corrected chi connectivity index (χ3v) is 12.0. The van der Waals surface area contributed by atoms with Crippen LogP contribution >= 0.6 is 0 Å². The van der Waals surface area contributed by atoms with Crippen LogP contribution in [-0.2, 0) is 5.41 Å². The van der Waals surface area contributed by atoms with E-state index in [1.165, 1.54) is 65.1 Å². The normalized spacial score (nSPS) is 26.5. The van der Waals surface area contributed by atoms with Gasteiger partial charge in [0.1, 0.15) is 0 Å². The summed E-state index contributed by atoms with van der Waals surface area (Å²) in [6.45, 7) is 0. The number of rotatable bonds is 2. The fourth-order valence-corrected chi connectivity index (χ4v) is 10.9. The topological polar surface area (TPSA) is 40.5 Å². The minimum Gasteiger partial charge on any atom is -0.423 e. The summed E-state index contributed by atoms with van der Waals surface area (Å²) >= 11 is 0. The van der Waals surface area contributed by atoms with E-state index in [9.17, 15) is 10.0 Å². The minimum absolute atomic E-state index is 0.0100. The van der Waals surface area contributed by atoms with Crippen LogP contribution in [0.15, 0.2) is 103 Å². The molecule has 1 spiro atoms. The predicted octanol–water partition coefficient (Wildman–Crippen LogP) is 8.22. The summed E-state index contributed by atoms with van der Waals surface area (Å²) in [7, 11) is -1.54. The molecule has 6 aromatic carbocycles. The third-order valence-electron chi connectivity index (χ3n) is 12.0. The smallest absolute Gasteiger partial charge is 0.423 e. The maximum absolute atomic E-state index is 10.6. The summed E-state index contributed by atoms with van der Waals surface area (Å²) < 4.78 is 0. The lowest BCUT2D eigenvalue weighted by atomic mass is 9.42. The summed E-state index contributed by atoms with van der Waals surface area (Å²) in [5.41, 5.74) is 9.12. The molecule has 3 heteroatoms. The Balaban J connectivity index is 1.37. The van der Waals surface area contributed by atoms with E-state index in [-0.39, 0.29) is 5.41 Å². The van der Waals surface area contributed by atoms with Gasteiger partial charge in [-0.25, -0.2) is 0 Å². The van der Waals surface area contributed by atoms with Crippen molar-refractivity contribution in [2.45, 2.75) is 37.5 Å². The maximum Gasteiger partial charge on any atom is 0.489 e. The second kappa shape index (κ2) is 8.59. The molecule has 0 aromatic heterocycles. The van der Waals surface area contributed by atoms with Crippen LogP contribution in [0.25, 0.3) is 54.6 Å². The summed E-state index contributed by atoms with van der Waals surface area (Å²) in [5, 5.41) is 28.0. The minimum atomic E-state index is -1.54. The van der Waals surface area contributed by atoms with Crippen molar-refractivity contribution in [2.75, 3.05) is 0 Å². The van der Waals surface area contributed by atoms with Gasteiger partial charge in [-0.1, -0.05) is 91.0 Å². The van der Waals surface area contributed by atoms with E-state index in [4.69, 9.17) is 0 Å². The molecule has 0 saturated heterocycles. The Hall–Kier alpha value is -3.92. The van der Waals surface area contributed by atoms with Gasteiger partial charge in [0.2, 0.25) is 0 Å². The van der Waals surface area contributed by atoms with Crippen molar-refractivity contribution >= 4 is 44.9 Å². The molecule has 5 aliphatic rings. The van der Waals surface area contributed by atoms with E-state index in [0.29, 0.717) is 17.3 Å². The molecule has 4 fully saturated rings. The van der Waals surface area contributed by atoms with Gasteiger partial charge in [-0.3, -0.25) is 0 Å². The van der Waals surface area contributed by atoms with Gasteiger partial charge in [-0.15, -0.1) is 0 Å². The van der Waals surface area contributed by atoms with Crippen LogP contribution in [0.3, 0.4) is 0 Å². The molecule has 0 unspecified atom stereocenters. The van der Waals surface area contributed by atoms with E-state index in [1.54, 1.807) is 11.1 Å². The highest BCUT2D eigenvalue weighted by molar-refractivity contribution is 6.66. The standard InChI is InChI=1S/C40H33BO2/c42-41(43)39-32-12-5-3-10-29(32)37(30-11-4-6-13-33(30)39)34-15-7-14-31-35-21-25-8-1-2-9-26(25)22-36(35)40(38(31)34)27-17-23-16-24(19-27)20-28(40)18-23/h1-15,21-24,27-28,42-43H,16-20H2. The van der Waals surface area contributed by atoms with Crippen molar-refractivity contribution in [1.82, 2.24) is 0 Å². The van der Waals surface area contributed by atoms with E-state index < -0.39 is 7.12 Å². The van der Waals surface area contributed by atoms with Crippen LogP contribution < -0.4 is 5.46 Å². The lowest BCUT2D eigenvalue weighted by Crippen LogP contribution is -2.55. The first-order chi connectivity index (χ1) is 21.1. The first-order valence-corrected chi connectivity index (χ1v) is 16.1. The highest BCUT2D eigenvalue weighted by Crippen LogP contribution is 2.71. The molecule has 5 aliphatic carbocycles. The molecule has 0 atom stereocenters. The molecule has 0 radical (unpaired) electrons. The van der Waals surface area contributed by atoms with Gasteiger partial charge in [-0.2, -0.15) is 0 Å². The lowest BCUT2D eigenvalue weighted by molar-refractivity contribution is -0.0396. The van der Waals surface area contributed by atoms with E-state index in [2.05, 4.69) is 91.0 Å². The lowest BCUT2D eigenvalue weighted by Gasteiger charge is -2.61. The number of hydrogen-bond donors (Lipinski definition) is 2. The Bertz CT molecular complexity index is 2060. The van der Waals surface area contributed by atoms with Crippen LogP contribution in [0.2, 0.25) is 0 Å². The molecule has 0 aliphatic heterocycles. The molecule has 6 aromatic rings. The van der Waals surface area contributed by atoms with E-state index >= 15 is 0 Å². The average molecular weight is 557 g/mol. The molecule has 0 amide bonds. The first kappa shape index (κ1) is 24.5.